The Bertz CT molecular complexity index is 811. The van der Waals surface area contributed by atoms with Gasteiger partial charge in [-0.05, 0) is 99.7 Å². The Kier molecular flexibility index (Phi) is 4.42. The summed E-state index contributed by atoms with van der Waals surface area (Å²) in [4.78, 5) is 20.3. The van der Waals surface area contributed by atoms with E-state index in [1.165, 1.54) is 24.1 Å². The molecule has 5 atom stereocenters. The lowest BCUT2D eigenvalue weighted by molar-refractivity contribution is -0.137. The monoisotopic (exact) mass is 409 g/mol. The van der Waals surface area contributed by atoms with Crippen molar-refractivity contribution < 1.29 is 9.90 Å². The summed E-state index contributed by atoms with van der Waals surface area (Å²) in [6, 6.07) is 5.53. The molecule has 2 amide bonds. The summed E-state index contributed by atoms with van der Waals surface area (Å²) in [7, 11) is 0. The van der Waals surface area contributed by atoms with Crippen molar-refractivity contribution in [2.24, 2.45) is 17.8 Å². The molecule has 0 spiro atoms. The average molecular weight is 410 g/mol. The average Bonchev–Trinajstić information content (AvgIpc) is 2.99. The summed E-state index contributed by atoms with van der Waals surface area (Å²) < 4.78 is 0. The number of nitrogens with zero attached hydrogens (tertiary/aromatic N) is 2. The number of rotatable bonds is 3. The molecule has 0 aromatic carbocycles. The molecule has 7 rings (SSSR count). The van der Waals surface area contributed by atoms with Crippen LogP contribution in [0.5, 0.6) is 0 Å². The van der Waals surface area contributed by atoms with Crippen LogP contribution >= 0.6 is 0 Å². The van der Waals surface area contributed by atoms with Gasteiger partial charge in [0, 0.05) is 35.9 Å². The lowest BCUT2D eigenvalue weighted by Crippen LogP contribution is -2.63. The molecule has 2 N–H and O–H groups in total. The molecule has 4 aliphatic carbocycles. The van der Waals surface area contributed by atoms with Crippen LogP contribution in [0.15, 0.2) is 18.3 Å². The SMILES string of the molecule is CCc1ccnc(C2CC3CC[C@@H](C2)N3C(=O)NC2C3CC4CC2CC(O)(C4)C3)c1. The summed E-state index contributed by atoms with van der Waals surface area (Å²) in [6.07, 6.45) is 12.5. The lowest BCUT2D eigenvalue weighted by Gasteiger charge is -2.58. The number of aliphatic hydroxyl groups is 1. The number of hydrogen-bond donors (Lipinski definition) is 2. The van der Waals surface area contributed by atoms with Crippen LogP contribution in [0.25, 0.3) is 0 Å². The molecule has 6 aliphatic rings. The maximum atomic E-state index is 13.4. The van der Waals surface area contributed by atoms with Crippen LogP contribution in [-0.4, -0.2) is 44.7 Å². The molecule has 3 heterocycles. The zero-order valence-electron chi connectivity index (χ0n) is 18.1. The van der Waals surface area contributed by atoms with Gasteiger partial charge in [0.05, 0.1) is 5.60 Å². The van der Waals surface area contributed by atoms with Gasteiger partial charge in [0.2, 0.25) is 0 Å². The van der Waals surface area contributed by atoms with Gasteiger partial charge in [-0.15, -0.1) is 0 Å². The van der Waals surface area contributed by atoms with Gasteiger partial charge < -0.3 is 15.3 Å². The van der Waals surface area contributed by atoms with Crippen LogP contribution in [0.1, 0.15) is 81.9 Å². The minimum absolute atomic E-state index is 0.167. The minimum Gasteiger partial charge on any atom is -0.390 e. The molecule has 4 saturated carbocycles. The Morgan fingerprint density at radius 2 is 1.87 bits per heavy atom. The molecule has 6 fully saturated rings. The predicted octanol–water partition coefficient (Wildman–Crippen LogP) is 4.00. The van der Waals surface area contributed by atoms with E-state index in [1.54, 1.807) is 0 Å². The first-order valence-electron chi connectivity index (χ1n) is 12.3. The van der Waals surface area contributed by atoms with Crippen LogP contribution in [0.2, 0.25) is 0 Å². The third kappa shape index (κ3) is 3.07. The molecule has 5 nitrogen and oxygen atoms in total. The number of piperidine rings is 1. The number of pyridine rings is 1. The zero-order valence-corrected chi connectivity index (χ0v) is 18.1. The maximum absolute atomic E-state index is 13.4. The van der Waals surface area contributed by atoms with E-state index in [2.05, 4.69) is 34.3 Å². The van der Waals surface area contributed by atoms with Gasteiger partial charge in [-0.25, -0.2) is 4.79 Å². The zero-order chi connectivity index (χ0) is 20.5. The fraction of sp³-hybridized carbons (Fsp3) is 0.760. The normalized spacial score (nSPS) is 43.8. The Hall–Kier alpha value is -1.62. The van der Waals surface area contributed by atoms with Gasteiger partial charge in [-0.1, -0.05) is 6.92 Å². The summed E-state index contributed by atoms with van der Waals surface area (Å²) >= 11 is 0. The van der Waals surface area contributed by atoms with E-state index < -0.39 is 5.60 Å². The fourth-order valence-corrected chi connectivity index (χ4v) is 8.12. The van der Waals surface area contributed by atoms with E-state index in [0.29, 0.717) is 35.8 Å². The highest BCUT2D eigenvalue weighted by atomic mass is 16.3. The number of nitrogens with one attached hydrogen (secondary N) is 1. The Morgan fingerprint density at radius 1 is 1.17 bits per heavy atom. The van der Waals surface area contributed by atoms with Crippen molar-refractivity contribution in [3.8, 4) is 0 Å². The lowest BCUT2D eigenvalue weighted by atomic mass is 9.52. The highest BCUT2D eigenvalue weighted by molar-refractivity contribution is 5.76. The molecule has 30 heavy (non-hydrogen) atoms. The second kappa shape index (κ2) is 6.94. The number of carbonyl (C=O) groups is 1. The molecular weight excluding hydrogens is 374 g/mol. The molecule has 1 aromatic heterocycles. The number of aromatic nitrogens is 1. The number of amides is 2. The minimum atomic E-state index is -0.435. The largest absolute Gasteiger partial charge is 0.390 e. The van der Waals surface area contributed by atoms with Gasteiger partial charge in [-0.3, -0.25) is 4.98 Å². The second-order valence-electron chi connectivity index (χ2n) is 11.1. The standard InChI is InChI=1S/C25H35N3O2/c1-2-15-5-6-26-22(9-15)17-10-20-3-4-21(11-17)28(20)24(29)27-23-18-7-16-8-19(23)14-25(30,12-16)13-18/h5-6,9,16-21,23,30H,2-4,7-8,10-14H2,1H3,(H,27,29)/t16?,17?,18?,19?,20-,21?,23?,25?/m0/s1. The Morgan fingerprint density at radius 3 is 2.50 bits per heavy atom. The molecule has 6 bridgehead atoms. The third-order valence-electron chi connectivity index (χ3n) is 9.17. The summed E-state index contributed by atoms with van der Waals surface area (Å²) in [6.45, 7) is 2.19. The van der Waals surface area contributed by atoms with Gasteiger partial charge in [0.15, 0.2) is 0 Å². The van der Waals surface area contributed by atoms with E-state index in [0.717, 1.165) is 51.4 Å². The third-order valence-corrected chi connectivity index (χ3v) is 9.17. The van der Waals surface area contributed by atoms with E-state index in [4.69, 9.17) is 0 Å². The van der Waals surface area contributed by atoms with Crippen LogP contribution in [0.4, 0.5) is 4.79 Å². The quantitative estimate of drug-likeness (QED) is 0.793. The Balaban J connectivity index is 1.14. The second-order valence-corrected chi connectivity index (χ2v) is 11.1. The molecule has 2 saturated heterocycles. The predicted molar refractivity (Wildman–Crippen MR) is 115 cm³/mol. The number of aryl methyl sites for hydroxylation is 1. The molecule has 0 radical (unpaired) electrons. The van der Waals surface area contributed by atoms with Crippen LogP contribution < -0.4 is 5.32 Å². The van der Waals surface area contributed by atoms with Crippen molar-refractivity contribution in [1.29, 1.82) is 0 Å². The van der Waals surface area contributed by atoms with Crippen LogP contribution in [0.3, 0.4) is 0 Å². The smallest absolute Gasteiger partial charge is 0.318 e. The van der Waals surface area contributed by atoms with Gasteiger partial charge in [0.25, 0.3) is 0 Å². The highest BCUT2D eigenvalue weighted by Gasteiger charge is 2.55. The number of fused-ring (bicyclic) bond motifs is 2. The molecule has 162 valence electrons. The van der Waals surface area contributed by atoms with E-state index in [-0.39, 0.29) is 12.1 Å². The van der Waals surface area contributed by atoms with Gasteiger partial charge in [-0.2, -0.15) is 0 Å². The molecule has 4 unspecified atom stereocenters. The molecule has 5 heteroatoms. The summed E-state index contributed by atoms with van der Waals surface area (Å²) in [5.74, 6) is 2.11. The fourth-order valence-electron chi connectivity index (χ4n) is 8.12. The van der Waals surface area contributed by atoms with Crippen molar-refractivity contribution in [2.45, 2.75) is 101 Å². The van der Waals surface area contributed by atoms with Gasteiger partial charge in [0.1, 0.15) is 0 Å². The first-order chi connectivity index (χ1) is 14.5. The number of carbonyl (C=O) groups excluding carboxylic acids is 1. The number of hydrogen-bond acceptors (Lipinski definition) is 3. The molecular formula is C25H35N3O2. The van der Waals surface area contributed by atoms with Crippen LogP contribution in [-0.2, 0) is 6.42 Å². The summed E-state index contributed by atoms with van der Waals surface area (Å²) in [5, 5.41) is 14.3. The highest BCUT2D eigenvalue weighted by Crippen LogP contribution is 2.55. The van der Waals surface area contributed by atoms with E-state index in [9.17, 15) is 9.90 Å². The summed E-state index contributed by atoms with van der Waals surface area (Å²) in [5.41, 5.74) is 2.14. The van der Waals surface area contributed by atoms with Gasteiger partial charge >= 0.3 is 6.03 Å². The first kappa shape index (κ1) is 19.1. The van der Waals surface area contributed by atoms with Crippen molar-refractivity contribution in [3.63, 3.8) is 0 Å². The topological polar surface area (TPSA) is 65.5 Å². The Labute approximate surface area is 179 Å². The van der Waals surface area contributed by atoms with Crippen molar-refractivity contribution in [1.82, 2.24) is 15.2 Å². The maximum Gasteiger partial charge on any atom is 0.318 e. The van der Waals surface area contributed by atoms with Crippen molar-refractivity contribution in [2.75, 3.05) is 0 Å². The molecule has 2 aliphatic heterocycles. The van der Waals surface area contributed by atoms with Crippen LogP contribution in [0, 0.1) is 17.8 Å². The van der Waals surface area contributed by atoms with Crippen molar-refractivity contribution >= 4 is 6.03 Å². The molecule has 1 aromatic rings. The first-order valence-corrected chi connectivity index (χ1v) is 12.3. The van der Waals surface area contributed by atoms with Crippen molar-refractivity contribution in [3.05, 3.63) is 29.6 Å². The number of urea groups is 1. The van der Waals surface area contributed by atoms with E-state index >= 15 is 0 Å². The van der Waals surface area contributed by atoms with E-state index in [1.807, 2.05) is 6.20 Å².